The van der Waals surface area contributed by atoms with E-state index in [0.717, 1.165) is 0 Å². The summed E-state index contributed by atoms with van der Waals surface area (Å²) in [5.74, 6) is -0.425. The first-order valence-corrected chi connectivity index (χ1v) is 7.76. The van der Waals surface area contributed by atoms with E-state index in [-0.39, 0.29) is 27.7 Å². The minimum Gasteiger partial charge on any atom is -0.507 e. The second kappa shape index (κ2) is 5.46. The monoisotopic (exact) mass is 290 g/mol. The number of hydrogen-bond acceptors (Lipinski definition) is 4. The van der Waals surface area contributed by atoms with E-state index in [4.69, 9.17) is 0 Å². The van der Waals surface area contributed by atoms with Gasteiger partial charge in [-0.3, -0.25) is 4.79 Å². The second-order valence-corrected chi connectivity index (χ2v) is 6.55. The van der Waals surface area contributed by atoms with Crippen LogP contribution in [-0.2, 0) is 9.84 Å². The molecule has 4 nitrogen and oxygen atoms in total. The van der Waals surface area contributed by atoms with Crippen LogP contribution >= 0.6 is 0 Å². The highest BCUT2D eigenvalue weighted by molar-refractivity contribution is 7.91. The van der Waals surface area contributed by atoms with Gasteiger partial charge in [0.15, 0.2) is 15.6 Å². The Bertz CT molecular complexity index is 731. The van der Waals surface area contributed by atoms with Crippen LogP contribution in [0.4, 0.5) is 0 Å². The lowest BCUT2D eigenvalue weighted by Gasteiger charge is -2.05. The zero-order chi connectivity index (χ0) is 14.8. The number of ketones is 1. The van der Waals surface area contributed by atoms with Crippen LogP contribution in [0.3, 0.4) is 0 Å². The number of para-hydroxylation sites is 1. The molecule has 2 aromatic rings. The van der Waals surface area contributed by atoms with Crippen molar-refractivity contribution in [2.24, 2.45) is 0 Å². The van der Waals surface area contributed by atoms with Crippen molar-refractivity contribution in [3.63, 3.8) is 0 Å². The van der Waals surface area contributed by atoms with Crippen LogP contribution in [0.15, 0.2) is 53.4 Å². The number of carbonyl (C=O) groups excluding carboxylic acids is 1. The van der Waals surface area contributed by atoms with Crippen molar-refractivity contribution in [1.29, 1.82) is 0 Å². The molecule has 0 amide bonds. The fraction of sp³-hybridized carbons (Fsp3) is 0.133. The molecular weight excluding hydrogens is 276 g/mol. The summed E-state index contributed by atoms with van der Waals surface area (Å²) in [4.78, 5) is 12.4. The summed E-state index contributed by atoms with van der Waals surface area (Å²) in [5.41, 5.74) is 0.528. The first kappa shape index (κ1) is 14.3. The fourth-order valence-corrected chi connectivity index (χ4v) is 2.69. The molecule has 2 rings (SSSR count). The Kier molecular flexibility index (Phi) is 3.90. The van der Waals surface area contributed by atoms with Gasteiger partial charge in [-0.05, 0) is 36.4 Å². The summed E-state index contributed by atoms with van der Waals surface area (Å²) in [6, 6.07) is 12.0. The summed E-state index contributed by atoms with van der Waals surface area (Å²) in [6.07, 6.45) is 0. The van der Waals surface area contributed by atoms with Gasteiger partial charge in [0.2, 0.25) is 0 Å². The van der Waals surface area contributed by atoms with Gasteiger partial charge < -0.3 is 5.11 Å². The van der Waals surface area contributed by atoms with Gasteiger partial charge in [0, 0.05) is 5.56 Å². The average molecular weight is 290 g/mol. The van der Waals surface area contributed by atoms with Gasteiger partial charge in [-0.25, -0.2) is 8.42 Å². The Balaban J connectivity index is 2.36. The molecule has 0 heterocycles. The van der Waals surface area contributed by atoms with Gasteiger partial charge in [0.05, 0.1) is 16.2 Å². The molecule has 5 heteroatoms. The average Bonchev–Trinajstić information content (AvgIpc) is 2.47. The molecule has 0 unspecified atom stereocenters. The molecule has 2 aromatic carbocycles. The van der Waals surface area contributed by atoms with Crippen LogP contribution < -0.4 is 0 Å². The lowest BCUT2D eigenvalue weighted by molar-refractivity contribution is 0.103. The Morgan fingerprint density at radius 3 is 2.20 bits per heavy atom. The number of phenolic OH excluding ortho intramolecular Hbond substituents is 1. The molecule has 1 N–H and O–H groups in total. The SMILES string of the molecule is CCS(=O)(=O)c1ccc(C(=O)c2ccccc2O)cc1. The third-order valence-electron chi connectivity index (χ3n) is 3.00. The molecule has 0 spiro atoms. The standard InChI is InChI=1S/C15H14O4S/c1-2-20(18,19)12-9-7-11(8-10-12)15(17)13-5-3-4-6-14(13)16/h3-10,16H,2H2,1H3. The van der Waals surface area contributed by atoms with Crippen molar-refractivity contribution in [3.8, 4) is 5.75 Å². The van der Waals surface area contributed by atoms with E-state index in [1.807, 2.05) is 0 Å². The van der Waals surface area contributed by atoms with Crippen molar-refractivity contribution >= 4 is 15.6 Å². The molecule has 0 aliphatic heterocycles. The minimum atomic E-state index is -3.27. The van der Waals surface area contributed by atoms with E-state index in [1.165, 1.54) is 36.4 Å². The Morgan fingerprint density at radius 2 is 1.65 bits per heavy atom. The molecule has 20 heavy (non-hydrogen) atoms. The van der Waals surface area contributed by atoms with E-state index in [9.17, 15) is 18.3 Å². The number of sulfone groups is 1. The zero-order valence-electron chi connectivity index (χ0n) is 10.9. The van der Waals surface area contributed by atoms with Crippen molar-refractivity contribution in [3.05, 3.63) is 59.7 Å². The summed E-state index contributed by atoms with van der Waals surface area (Å²) in [5, 5.41) is 9.65. The van der Waals surface area contributed by atoms with E-state index < -0.39 is 9.84 Å². The van der Waals surface area contributed by atoms with Crippen LogP contribution in [0.1, 0.15) is 22.8 Å². The summed E-state index contributed by atoms with van der Waals surface area (Å²) >= 11 is 0. The number of hydrogen-bond donors (Lipinski definition) is 1. The number of carbonyl (C=O) groups is 1. The molecule has 0 bridgehead atoms. The maximum absolute atomic E-state index is 12.2. The Morgan fingerprint density at radius 1 is 1.05 bits per heavy atom. The molecule has 0 saturated heterocycles. The lowest BCUT2D eigenvalue weighted by Crippen LogP contribution is -2.05. The van der Waals surface area contributed by atoms with Crippen molar-refractivity contribution in [2.45, 2.75) is 11.8 Å². The van der Waals surface area contributed by atoms with Crippen molar-refractivity contribution in [1.82, 2.24) is 0 Å². The lowest BCUT2D eigenvalue weighted by atomic mass is 10.0. The van der Waals surface area contributed by atoms with Gasteiger partial charge in [-0.15, -0.1) is 0 Å². The van der Waals surface area contributed by atoms with E-state index in [1.54, 1.807) is 19.1 Å². The number of aromatic hydroxyl groups is 1. The van der Waals surface area contributed by atoms with Crippen LogP contribution in [0.2, 0.25) is 0 Å². The summed E-state index contributed by atoms with van der Waals surface area (Å²) in [7, 11) is -3.27. The first-order valence-electron chi connectivity index (χ1n) is 6.11. The third-order valence-corrected chi connectivity index (χ3v) is 4.75. The molecule has 0 aromatic heterocycles. The van der Waals surface area contributed by atoms with Crippen molar-refractivity contribution < 1.29 is 18.3 Å². The van der Waals surface area contributed by atoms with Crippen LogP contribution in [0, 0.1) is 0 Å². The predicted octanol–water partition coefficient (Wildman–Crippen LogP) is 2.42. The summed E-state index contributed by atoms with van der Waals surface area (Å²) < 4.78 is 23.4. The van der Waals surface area contributed by atoms with Crippen LogP contribution in [0.25, 0.3) is 0 Å². The molecule has 0 saturated carbocycles. The third kappa shape index (κ3) is 2.72. The second-order valence-electron chi connectivity index (χ2n) is 4.27. The molecule has 0 fully saturated rings. The highest BCUT2D eigenvalue weighted by atomic mass is 32.2. The van der Waals surface area contributed by atoms with Gasteiger partial charge in [0.25, 0.3) is 0 Å². The van der Waals surface area contributed by atoms with Gasteiger partial charge in [-0.1, -0.05) is 19.1 Å². The number of rotatable bonds is 4. The maximum Gasteiger partial charge on any atom is 0.196 e. The van der Waals surface area contributed by atoms with Gasteiger partial charge >= 0.3 is 0 Å². The van der Waals surface area contributed by atoms with E-state index in [2.05, 4.69) is 0 Å². The molecule has 0 aliphatic carbocycles. The van der Waals surface area contributed by atoms with Crippen molar-refractivity contribution in [2.75, 3.05) is 5.75 Å². The smallest absolute Gasteiger partial charge is 0.196 e. The van der Waals surface area contributed by atoms with Gasteiger partial charge in [0.1, 0.15) is 5.75 Å². The first-order chi connectivity index (χ1) is 9.45. The Hall–Kier alpha value is -2.14. The molecule has 0 radical (unpaired) electrons. The van der Waals surface area contributed by atoms with E-state index in [0.29, 0.717) is 5.56 Å². The normalized spacial score (nSPS) is 11.2. The summed E-state index contributed by atoms with van der Waals surface area (Å²) in [6.45, 7) is 1.57. The molecule has 104 valence electrons. The van der Waals surface area contributed by atoms with E-state index >= 15 is 0 Å². The molecule has 0 aliphatic rings. The number of phenols is 1. The zero-order valence-corrected chi connectivity index (χ0v) is 11.7. The maximum atomic E-state index is 12.2. The highest BCUT2D eigenvalue weighted by Gasteiger charge is 2.15. The van der Waals surface area contributed by atoms with Crippen LogP contribution in [0.5, 0.6) is 5.75 Å². The Labute approximate surface area is 117 Å². The minimum absolute atomic E-state index is 0.0137. The van der Waals surface area contributed by atoms with Gasteiger partial charge in [-0.2, -0.15) is 0 Å². The highest BCUT2D eigenvalue weighted by Crippen LogP contribution is 2.21. The predicted molar refractivity (Wildman–Crippen MR) is 75.7 cm³/mol. The van der Waals surface area contributed by atoms with Crippen LogP contribution in [-0.4, -0.2) is 25.1 Å². The quantitative estimate of drug-likeness (QED) is 0.878. The molecule has 0 atom stereocenters. The number of benzene rings is 2. The topological polar surface area (TPSA) is 71.4 Å². The molecular formula is C15H14O4S. The fourth-order valence-electron chi connectivity index (χ4n) is 1.80. The largest absolute Gasteiger partial charge is 0.507 e.